The minimum absolute atomic E-state index is 0.0418. The van der Waals surface area contributed by atoms with E-state index in [0.717, 1.165) is 10.2 Å². The fourth-order valence-corrected chi connectivity index (χ4v) is 2.11. The number of hydrogen-bond acceptors (Lipinski definition) is 3. The Kier molecular flexibility index (Phi) is 3.99. The highest BCUT2D eigenvalue weighted by atomic mass is 79.9. The van der Waals surface area contributed by atoms with Gasteiger partial charge in [0, 0.05) is 18.2 Å². The number of phenolic OH excluding ortho intramolecular Hbond substituents is 2. The van der Waals surface area contributed by atoms with E-state index in [4.69, 9.17) is 11.6 Å². The lowest BCUT2D eigenvalue weighted by Crippen LogP contribution is -2.00. The van der Waals surface area contributed by atoms with Gasteiger partial charge in [-0.2, -0.15) is 0 Å². The maximum absolute atomic E-state index is 9.66. The van der Waals surface area contributed by atoms with Crippen molar-refractivity contribution in [3.63, 3.8) is 0 Å². The number of benzene rings is 2. The molecule has 0 amide bonds. The molecule has 94 valence electrons. The predicted octanol–water partition coefficient (Wildman–Crippen LogP) is 4.13. The van der Waals surface area contributed by atoms with Crippen LogP contribution in [0.4, 0.5) is 5.69 Å². The van der Waals surface area contributed by atoms with Crippen molar-refractivity contribution >= 4 is 33.2 Å². The zero-order chi connectivity index (χ0) is 13.1. The number of nitrogens with one attached hydrogen (secondary N) is 1. The Hall–Kier alpha value is -1.39. The van der Waals surface area contributed by atoms with Gasteiger partial charge in [-0.15, -0.1) is 0 Å². The van der Waals surface area contributed by atoms with Gasteiger partial charge >= 0.3 is 0 Å². The maximum atomic E-state index is 9.66. The van der Waals surface area contributed by atoms with Crippen LogP contribution < -0.4 is 5.32 Å². The van der Waals surface area contributed by atoms with Crippen LogP contribution in [-0.4, -0.2) is 10.2 Å². The van der Waals surface area contributed by atoms with Crippen LogP contribution in [0.3, 0.4) is 0 Å². The standard InChI is InChI=1S/C13H11BrClNO2/c14-13-10(15)2-1-3-11(13)16-7-8-4-5-9(17)6-12(8)18/h1-6,16-18H,7H2. The highest BCUT2D eigenvalue weighted by Crippen LogP contribution is 2.31. The second-order valence-electron chi connectivity index (χ2n) is 3.77. The van der Waals surface area contributed by atoms with E-state index in [1.165, 1.54) is 12.1 Å². The van der Waals surface area contributed by atoms with Crippen LogP contribution in [0.2, 0.25) is 5.02 Å². The number of halogens is 2. The van der Waals surface area contributed by atoms with Crippen molar-refractivity contribution in [2.75, 3.05) is 5.32 Å². The van der Waals surface area contributed by atoms with E-state index in [0.29, 0.717) is 17.1 Å². The molecule has 0 saturated heterocycles. The van der Waals surface area contributed by atoms with Gasteiger partial charge in [0.05, 0.1) is 15.2 Å². The molecule has 0 aliphatic carbocycles. The predicted molar refractivity (Wildman–Crippen MR) is 76.3 cm³/mol. The Morgan fingerprint density at radius 3 is 2.67 bits per heavy atom. The molecule has 2 aromatic rings. The summed E-state index contributed by atoms with van der Waals surface area (Å²) in [5, 5.41) is 22.6. The average Bonchev–Trinajstić information content (AvgIpc) is 2.33. The first-order valence-electron chi connectivity index (χ1n) is 5.26. The van der Waals surface area contributed by atoms with Crippen molar-refractivity contribution < 1.29 is 10.2 Å². The summed E-state index contributed by atoms with van der Waals surface area (Å²) in [6.45, 7) is 0.436. The Balaban J connectivity index is 2.14. The van der Waals surface area contributed by atoms with Crippen LogP contribution in [0.1, 0.15) is 5.56 Å². The number of anilines is 1. The molecule has 2 aromatic carbocycles. The molecular weight excluding hydrogens is 318 g/mol. The summed E-state index contributed by atoms with van der Waals surface area (Å²) in [6.07, 6.45) is 0. The molecule has 0 bridgehead atoms. The molecule has 0 aliphatic rings. The second kappa shape index (κ2) is 5.50. The quantitative estimate of drug-likeness (QED) is 0.794. The molecule has 0 unspecified atom stereocenters. The Bertz CT molecular complexity index is 575. The van der Waals surface area contributed by atoms with Crippen molar-refractivity contribution in [2.24, 2.45) is 0 Å². The van der Waals surface area contributed by atoms with Crippen LogP contribution in [0, 0.1) is 0 Å². The van der Waals surface area contributed by atoms with Crippen molar-refractivity contribution in [1.29, 1.82) is 0 Å². The Morgan fingerprint density at radius 1 is 1.17 bits per heavy atom. The molecule has 2 rings (SSSR count). The van der Waals surface area contributed by atoms with Crippen molar-refractivity contribution in [3.05, 3.63) is 51.5 Å². The largest absolute Gasteiger partial charge is 0.508 e. The van der Waals surface area contributed by atoms with E-state index < -0.39 is 0 Å². The lowest BCUT2D eigenvalue weighted by atomic mass is 10.2. The topological polar surface area (TPSA) is 52.5 Å². The zero-order valence-electron chi connectivity index (χ0n) is 9.32. The molecule has 0 saturated carbocycles. The van der Waals surface area contributed by atoms with Gasteiger partial charge in [-0.1, -0.05) is 17.7 Å². The Labute approximate surface area is 118 Å². The third-order valence-corrected chi connectivity index (χ3v) is 3.89. The van der Waals surface area contributed by atoms with E-state index in [1.807, 2.05) is 12.1 Å². The molecule has 0 atom stereocenters. The smallest absolute Gasteiger partial charge is 0.124 e. The SMILES string of the molecule is Oc1ccc(CNc2cccc(Cl)c2Br)c(O)c1. The van der Waals surface area contributed by atoms with E-state index in [1.54, 1.807) is 12.1 Å². The lowest BCUT2D eigenvalue weighted by Gasteiger charge is -2.10. The van der Waals surface area contributed by atoms with Gasteiger partial charge in [0.1, 0.15) is 11.5 Å². The van der Waals surface area contributed by atoms with E-state index >= 15 is 0 Å². The van der Waals surface area contributed by atoms with Gasteiger partial charge in [-0.25, -0.2) is 0 Å². The summed E-state index contributed by atoms with van der Waals surface area (Å²) >= 11 is 9.37. The molecule has 0 heterocycles. The summed E-state index contributed by atoms with van der Waals surface area (Å²) in [5.74, 6) is 0.0980. The molecule has 5 heteroatoms. The number of hydrogen-bond donors (Lipinski definition) is 3. The van der Waals surface area contributed by atoms with Crippen LogP contribution in [-0.2, 0) is 6.54 Å². The molecule has 3 nitrogen and oxygen atoms in total. The molecule has 0 radical (unpaired) electrons. The van der Waals surface area contributed by atoms with Gasteiger partial charge in [-0.3, -0.25) is 0 Å². The van der Waals surface area contributed by atoms with Gasteiger partial charge in [0.25, 0.3) is 0 Å². The first-order valence-corrected chi connectivity index (χ1v) is 6.44. The summed E-state index contributed by atoms with van der Waals surface area (Å²) in [7, 11) is 0. The molecular formula is C13H11BrClNO2. The highest BCUT2D eigenvalue weighted by molar-refractivity contribution is 9.10. The summed E-state index contributed by atoms with van der Waals surface area (Å²) < 4.78 is 0.782. The van der Waals surface area contributed by atoms with Gasteiger partial charge < -0.3 is 15.5 Å². The van der Waals surface area contributed by atoms with Crippen LogP contribution in [0.5, 0.6) is 11.5 Å². The fraction of sp³-hybridized carbons (Fsp3) is 0.0769. The van der Waals surface area contributed by atoms with Gasteiger partial charge in [0.2, 0.25) is 0 Å². The molecule has 0 aliphatic heterocycles. The molecule has 3 N–H and O–H groups in total. The maximum Gasteiger partial charge on any atom is 0.124 e. The molecule has 0 aromatic heterocycles. The minimum Gasteiger partial charge on any atom is -0.508 e. The summed E-state index contributed by atoms with van der Waals surface area (Å²) in [6, 6.07) is 10.0. The summed E-state index contributed by atoms with van der Waals surface area (Å²) in [4.78, 5) is 0. The third kappa shape index (κ3) is 2.89. The van der Waals surface area contributed by atoms with Gasteiger partial charge in [-0.05, 0) is 40.2 Å². The fourth-order valence-electron chi connectivity index (χ4n) is 1.53. The van der Waals surface area contributed by atoms with Crippen LogP contribution >= 0.6 is 27.5 Å². The van der Waals surface area contributed by atoms with Crippen LogP contribution in [0.25, 0.3) is 0 Å². The van der Waals surface area contributed by atoms with E-state index in [9.17, 15) is 10.2 Å². The van der Waals surface area contributed by atoms with E-state index in [2.05, 4.69) is 21.2 Å². The van der Waals surface area contributed by atoms with Crippen molar-refractivity contribution in [2.45, 2.75) is 6.54 Å². The highest BCUT2D eigenvalue weighted by Gasteiger charge is 2.05. The lowest BCUT2D eigenvalue weighted by molar-refractivity contribution is 0.446. The van der Waals surface area contributed by atoms with Gasteiger partial charge in [0.15, 0.2) is 0 Å². The first-order chi connectivity index (χ1) is 8.58. The normalized spacial score (nSPS) is 10.3. The monoisotopic (exact) mass is 327 g/mol. The number of aromatic hydroxyl groups is 2. The first kappa shape index (κ1) is 13.1. The summed E-state index contributed by atoms with van der Waals surface area (Å²) in [5.41, 5.74) is 1.54. The molecule has 0 fully saturated rings. The van der Waals surface area contributed by atoms with E-state index in [-0.39, 0.29) is 11.5 Å². The van der Waals surface area contributed by atoms with Crippen molar-refractivity contribution in [3.8, 4) is 11.5 Å². The number of phenols is 2. The average molecular weight is 329 g/mol. The molecule has 0 spiro atoms. The van der Waals surface area contributed by atoms with Crippen molar-refractivity contribution in [1.82, 2.24) is 0 Å². The number of rotatable bonds is 3. The second-order valence-corrected chi connectivity index (χ2v) is 4.97. The van der Waals surface area contributed by atoms with Crippen LogP contribution in [0.15, 0.2) is 40.9 Å². The Morgan fingerprint density at radius 2 is 1.94 bits per heavy atom. The zero-order valence-corrected chi connectivity index (χ0v) is 11.7. The molecule has 18 heavy (non-hydrogen) atoms. The minimum atomic E-state index is 0.0418. The third-order valence-electron chi connectivity index (χ3n) is 2.49.